The van der Waals surface area contributed by atoms with Crippen molar-refractivity contribution in [3.8, 4) is 12.1 Å². The number of carbonyl (C=O) groups is 1. The van der Waals surface area contributed by atoms with Crippen LogP contribution in [0.25, 0.3) is 0 Å². The summed E-state index contributed by atoms with van der Waals surface area (Å²) in [6, 6.07) is 12.1. The molecule has 24 heavy (non-hydrogen) atoms. The maximum absolute atomic E-state index is 12.6. The van der Waals surface area contributed by atoms with Crippen LogP contribution < -0.4 is 0 Å². The van der Waals surface area contributed by atoms with Crippen molar-refractivity contribution in [2.24, 2.45) is 23.2 Å². The highest BCUT2D eigenvalue weighted by Crippen LogP contribution is 2.59. The van der Waals surface area contributed by atoms with Crippen molar-refractivity contribution in [3.05, 3.63) is 34.9 Å². The summed E-state index contributed by atoms with van der Waals surface area (Å²) in [5, 5.41) is 19.8. The van der Waals surface area contributed by atoms with Gasteiger partial charge >= 0.3 is 0 Å². The number of fused-ring (bicyclic) bond motifs is 1. The van der Waals surface area contributed by atoms with Crippen LogP contribution in [0.3, 0.4) is 0 Å². The number of benzene rings is 1. The van der Waals surface area contributed by atoms with Crippen molar-refractivity contribution in [1.29, 1.82) is 10.5 Å². The first-order valence-electron chi connectivity index (χ1n) is 8.56. The molecule has 124 valence electrons. The molecule has 0 amide bonds. The zero-order chi connectivity index (χ0) is 17.3. The second-order valence-corrected chi connectivity index (χ2v) is 7.93. The smallest absolute Gasteiger partial charge is 0.139 e. The van der Waals surface area contributed by atoms with E-state index in [9.17, 15) is 15.3 Å². The molecular formula is C20H21ClN2O. The number of halogens is 1. The summed E-state index contributed by atoms with van der Waals surface area (Å²) in [4.78, 5) is 12.6. The molecule has 1 aromatic rings. The summed E-state index contributed by atoms with van der Waals surface area (Å²) in [7, 11) is 0. The molecule has 0 aliphatic heterocycles. The van der Waals surface area contributed by atoms with Crippen molar-refractivity contribution >= 4 is 17.4 Å². The average Bonchev–Trinajstić information content (AvgIpc) is 2.56. The quantitative estimate of drug-likeness (QED) is 0.771. The lowest BCUT2D eigenvalue weighted by Crippen LogP contribution is -2.49. The van der Waals surface area contributed by atoms with Gasteiger partial charge in [-0.1, -0.05) is 37.1 Å². The van der Waals surface area contributed by atoms with Crippen LogP contribution in [0.5, 0.6) is 0 Å². The highest BCUT2D eigenvalue weighted by Gasteiger charge is 2.55. The van der Waals surface area contributed by atoms with Crippen LogP contribution in [0, 0.1) is 45.8 Å². The molecule has 0 saturated heterocycles. The summed E-state index contributed by atoms with van der Waals surface area (Å²) in [5.74, 6) is 0.233. The van der Waals surface area contributed by atoms with Gasteiger partial charge in [-0.2, -0.15) is 10.5 Å². The predicted octanol–water partition coefficient (Wildman–Crippen LogP) is 4.87. The molecule has 3 nitrogen and oxygen atoms in total. The summed E-state index contributed by atoms with van der Waals surface area (Å²) >= 11 is 6.17. The lowest BCUT2D eigenvalue weighted by Gasteiger charge is -2.52. The van der Waals surface area contributed by atoms with Gasteiger partial charge in [-0.05, 0) is 48.3 Å². The molecule has 0 aromatic heterocycles. The largest absolute Gasteiger partial charge is 0.300 e. The molecule has 0 spiro atoms. The molecule has 4 atom stereocenters. The van der Waals surface area contributed by atoms with Gasteiger partial charge in [0.05, 0.1) is 12.1 Å². The van der Waals surface area contributed by atoms with Crippen molar-refractivity contribution in [2.75, 3.05) is 0 Å². The van der Waals surface area contributed by atoms with Gasteiger partial charge in [0.25, 0.3) is 0 Å². The first-order chi connectivity index (χ1) is 11.5. The summed E-state index contributed by atoms with van der Waals surface area (Å²) < 4.78 is 0. The molecule has 2 fully saturated rings. The fourth-order valence-electron chi connectivity index (χ4n) is 4.93. The maximum atomic E-state index is 12.6. The number of ketones is 1. The van der Waals surface area contributed by atoms with Crippen LogP contribution in [0.2, 0.25) is 5.02 Å². The van der Waals surface area contributed by atoms with E-state index in [2.05, 4.69) is 19.1 Å². The van der Waals surface area contributed by atoms with E-state index in [4.69, 9.17) is 11.6 Å². The third kappa shape index (κ3) is 2.83. The third-order valence-corrected chi connectivity index (χ3v) is 6.30. The highest BCUT2D eigenvalue weighted by molar-refractivity contribution is 6.30. The van der Waals surface area contributed by atoms with Gasteiger partial charge in [-0.3, -0.25) is 4.79 Å². The Morgan fingerprint density at radius 1 is 1.33 bits per heavy atom. The lowest BCUT2D eigenvalue weighted by atomic mass is 9.49. The molecule has 2 aliphatic carbocycles. The average molecular weight is 341 g/mol. The summed E-state index contributed by atoms with van der Waals surface area (Å²) in [5.41, 5.74) is 0.562. The van der Waals surface area contributed by atoms with Gasteiger partial charge in [-0.25, -0.2) is 0 Å². The monoisotopic (exact) mass is 340 g/mol. The predicted molar refractivity (Wildman–Crippen MR) is 92.1 cm³/mol. The van der Waals surface area contributed by atoms with Crippen LogP contribution >= 0.6 is 11.6 Å². The number of rotatable bonds is 2. The maximum Gasteiger partial charge on any atom is 0.139 e. The van der Waals surface area contributed by atoms with Crippen molar-refractivity contribution in [1.82, 2.24) is 0 Å². The number of hydrogen-bond acceptors (Lipinski definition) is 3. The van der Waals surface area contributed by atoms with E-state index < -0.39 is 11.3 Å². The molecule has 3 rings (SSSR count). The molecule has 0 radical (unpaired) electrons. The number of hydrogen-bond donors (Lipinski definition) is 0. The Bertz CT molecular complexity index is 718. The number of carbonyl (C=O) groups excluding carboxylic acids is 1. The fraction of sp³-hybridized carbons (Fsp3) is 0.550. The van der Waals surface area contributed by atoms with Crippen LogP contribution in [0.1, 0.15) is 50.5 Å². The molecule has 0 bridgehead atoms. The van der Waals surface area contributed by atoms with Gasteiger partial charge < -0.3 is 0 Å². The van der Waals surface area contributed by atoms with Gasteiger partial charge in [0.1, 0.15) is 11.7 Å². The minimum atomic E-state index is -0.721. The van der Waals surface area contributed by atoms with E-state index in [-0.39, 0.29) is 17.6 Å². The van der Waals surface area contributed by atoms with Gasteiger partial charge in [0, 0.05) is 23.3 Å². The van der Waals surface area contributed by atoms with E-state index in [0.29, 0.717) is 23.8 Å². The Morgan fingerprint density at radius 2 is 2.08 bits per heavy atom. The molecule has 1 aromatic carbocycles. The van der Waals surface area contributed by atoms with E-state index >= 15 is 0 Å². The molecule has 0 heterocycles. The fourth-order valence-corrected chi connectivity index (χ4v) is 5.13. The Balaban J connectivity index is 2.09. The van der Waals surface area contributed by atoms with Gasteiger partial charge in [0.15, 0.2) is 0 Å². The Morgan fingerprint density at radius 3 is 2.75 bits per heavy atom. The molecule has 0 unspecified atom stereocenters. The highest BCUT2D eigenvalue weighted by atomic mass is 35.5. The van der Waals surface area contributed by atoms with E-state index in [1.165, 1.54) is 0 Å². The number of nitriles is 2. The van der Waals surface area contributed by atoms with Crippen LogP contribution in [0.15, 0.2) is 24.3 Å². The number of Topliss-reactive ketones (excluding diaryl/α,β-unsaturated/α-hetero) is 1. The molecular weight excluding hydrogens is 320 g/mol. The van der Waals surface area contributed by atoms with Crippen molar-refractivity contribution in [3.63, 3.8) is 0 Å². The Labute approximate surface area is 148 Å². The second-order valence-electron chi connectivity index (χ2n) is 7.49. The zero-order valence-electron chi connectivity index (χ0n) is 13.8. The summed E-state index contributed by atoms with van der Waals surface area (Å²) in [6.07, 6.45) is 3.58. The van der Waals surface area contributed by atoms with E-state index in [0.717, 1.165) is 24.8 Å². The molecule has 4 heteroatoms. The SMILES string of the molecule is C[C@H]1CC[C@]2(C(C#N)C#N)CC(=O)C[C@@H](c3cccc(Cl)c3)[C@@H]2C1. The lowest BCUT2D eigenvalue weighted by molar-refractivity contribution is -0.131. The van der Waals surface area contributed by atoms with Gasteiger partial charge in [-0.15, -0.1) is 0 Å². The van der Waals surface area contributed by atoms with Gasteiger partial charge in [0.2, 0.25) is 0 Å². The molecule has 2 aliphatic rings. The first kappa shape index (κ1) is 17.0. The van der Waals surface area contributed by atoms with E-state index in [1.54, 1.807) is 0 Å². The topological polar surface area (TPSA) is 64.7 Å². The first-order valence-corrected chi connectivity index (χ1v) is 8.94. The summed E-state index contributed by atoms with van der Waals surface area (Å²) in [6.45, 7) is 2.23. The number of nitrogens with zero attached hydrogens (tertiary/aromatic N) is 2. The molecule has 2 saturated carbocycles. The van der Waals surface area contributed by atoms with Crippen LogP contribution in [-0.4, -0.2) is 5.78 Å². The van der Waals surface area contributed by atoms with Crippen molar-refractivity contribution in [2.45, 2.75) is 44.9 Å². The standard InChI is InChI=1S/C20H21ClN2O/c1-13-5-6-20(15(11-22)12-23)10-17(24)9-18(19(20)7-13)14-3-2-4-16(21)8-14/h2-4,8,13,15,18-19H,5-7,9-10H2,1H3/t13-,18-,19-,20+/m0/s1. The second kappa shape index (κ2) is 6.58. The molecule has 0 N–H and O–H groups in total. The minimum Gasteiger partial charge on any atom is -0.300 e. The van der Waals surface area contributed by atoms with E-state index in [1.807, 2.05) is 24.3 Å². The Hall–Kier alpha value is -1.84. The van der Waals surface area contributed by atoms with Crippen LogP contribution in [0.4, 0.5) is 0 Å². The normalized spacial score (nSPS) is 32.7. The Kier molecular flexibility index (Phi) is 4.66. The zero-order valence-corrected chi connectivity index (χ0v) is 14.6. The van der Waals surface area contributed by atoms with Crippen molar-refractivity contribution < 1.29 is 4.79 Å². The third-order valence-electron chi connectivity index (χ3n) is 6.07. The van der Waals surface area contributed by atoms with Crippen LogP contribution in [-0.2, 0) is 4.79 Å². The minimum absolute atomic E-state index is 0.0527.